The quantitative estimate of drug-likeness (QED) is 0.213. The second-order valence-corrected chi connectivity index (χ2v) is 13.8. The highest BCUT2D eigenvalue weighted by Gasteiger charge is 2.32. The van der Waals surface area contributed by atoms with Crippen LogP contribution in [0.2, 0.25) is 0 Å². The van der Waals surface area contributed by atoms with Crippen LogP contribution in [-0.4, -0.2) is 60.2 Å². The lowest BCUT2D eigenvalue weighted by molar-refractivity contribution is -0.127. The second kappa shape index (κ2) is 12.3. The van der Waals surface area contributed by atoms with E-state index in [4.69, 9.17) is 0 Å². The van der Waals surface area contributed by atoms with Gasteiger partial charge in [0.05, 0.1) is 22.0 Å². The fourth-order valence-electron chi connectivity index (χ4n) is 5.62. The predicted molar refractivity (Wildman–Crippen MR) is 168 cm³/mol. The number of nitrogens with zero attached hydrogens (tertiary/aromatic N) is 7. The molecule has 1 aliphatic carbocycles. The summed E-state index contributed by atoms with van der Waals surface area (Å²) >= 11 is 1.29. The third-order valence-corrected chi connectivity index (χ3v) is 8.99. The van der Waals surface area contributed by atoms with Gasteiger partial charge < -0.3 is 19.8 Å². The first-order chi connectivity index (χ1) is 21.2. The summed E-state index contributed by atoms with van der Waals surface area (Å²) < 4.78 is 3.61. The first kappa shape index (κ1) is 29.7. The number of carbonyl (C=O) groups is 2. The lowest BCUT2D eigenvalue weighted by Gasteiger charge is -2.26. The molecule has 1 aromatic carbocycles. The molecule has 228 valence electrons. The third-order valence-electron chi connectivity index (χ3n) is 7.93. The van der Waals surface area contributed by atoms with Crippen molar-refractivity contribution < 1.29 is 9.59 Å². The van der Waals surface area contributed by atoms with Crippen LogP contribution in [0.5, 0.6) is 0 Å². The highest BCUT2D eigenvalue weighted by molar-refractivity contribution is 7.16. The maximum Gasteiger partial charge on any atom is 0.290 e. The van der Waals surface area contributed by atoms with Crippen LogP contribution in [0.3, 0.4) is 0 Å². The number of thiophene rings is 1. The zero-order valence-electron chi connectivity index (χ0n) is 25.3. The summed E-state index contributed by atoms with van der Waals surface area (Å²) in [6, 6.07) is 11.8. The summed E-state index contributed by atoms with van der Waals surface area (Å²) in [7, 11) is 0. The summed E-state index contributed by atoms with van der Waals surface area (Å²) in [5.41, 5.74) is 3.21. The number of hydrogen-bond donors (Lipinski definition) is 2. The van der Waals surface area contributed by atoms with Crippen LogP contribution >= 0.6 is 11.3 Å². The Bertz CT molecular complexity index is 1810. The van der Waals surface area contributed by atoms with Gasteiger partial charge in [0.1, 0.15) is 29.3 Å². The van der Waals surface area contributed by atoms with Gasteiger partial charge in [0.15, 0.2) is 0 Å². The monoisotopic (exact) mass is 611 g/mol. The van der Waals surface area contributed by atoms with Crippen LogP contribution < -0.4 is 10.9 Å². The number of rotatable bonds is 9. The number of likely N-dealkylation sites (tertiary alicyclic amines) is 1. The molecule has 2 N–H and O–H groups in total. The van der Waals surface area contributed by atoms with Crippen molar-refractivity contribution >= 4 is 34.2 Å². The fourth-order valence-corrected chi connectivity index (χ4v) is 6.44. The van der Waals surface area contributed by atoms with Gasteiger partial charge in [-0.15, -0.1) is 11.3 Å². The van der Waals surface area contributed by atoms with E-state index in [1.54, 1.807) is 28.1 Å². The van der Waals surface area contributed by atoms with Crippen LogP contribution in [0, 0.1) is 22.7 Å². The smallest absolute Gasteiger partial charge is 0.290 e. The molecule has 44 heavy (non-hydrogen) atoms. The Balaban J connectivity index is 1.33. The average Bonchev–Trinajstić information content (AvgIpc) is 3.44. The lowest BCUT2D eigenvalue weighted by atomic mass is 9.93. The van der Waals surface area contributed by atoms with Crippen LogP contribution in [0.1, 0.15) is 61.7 Å². The molecule has 1 atom stereocenters. The number of aromatic nitrogens is 5. The molecule has 4 aromatic rings. The molecular weight excluding hydrogens is 574 g/mol. The summed E-state index contributed by atoms with van der Waals surface area (Å²) in [6.07, 6.45) is 9.02. The summed E-state index contributed by atoms with van der Waals surface area (Å²) in [5.74, 6) is 0.178. The number of imidazole rings is 1. The number of fused-ring (bicyclic) bond motifs is 1. The van der Waals surface area contributed by atoms with E-state index >= 15 is 0 Å². The minimum atomic E-state index is -0.368. The van der Waals surface area contributed by atoms with E-state index in [1.165, 1.54) is 30.5 Å². The molecule has 1 aliphatic heterocycles. The maximum absolute atomic E-state index is 13.5. The second-order valence-electron chi connectivity index (χ2n) is 12.7. The zero-order valence-corrected chi connectivity index (χ0v) is 26.1. The molecule has 2 amide bonds. The Labute approximate surface area is 259 Å². The molecule has 3 aromatic heterocycles. The van der Waals surface area contributed by atoms with Crippen molar-refractivity contribution in [2.24, 2.45) is 16.3 Å². The summed E-state index contributed by atoms with van der Waals surface area (Å²) in [4.78, 5) is 41.2. The van der Waals surface area contributed by atoms with E-state index in [1.807, 2.05) is 31.4 Å². The first-order valence-electron chi connectivity index (χ1n) is 15.1. The van der Waals surface area contributed by atoms with Crippen LogP contribution in [-0.2, 0) is 17.9 Å². The Morgan fingerprint density at radius 3 is 2.80 bits per heavy atom. The maximum atomic E-state index is 13.5. The van der Waals surface area contributed by atoms with Crippen molar-refractivity contribution in [2.45, 2.75) is 65.6 Å². The molecule has 1 saturated heterocycles. The van der Waals surface area contributed by atoms with Crippen LogP contribution in [0.4, 0.5) is 0 Å². The van der Waals surface area contributed by atoms with Gasteiger partial charge in [-0.2, -0.15) is 15.4 Å². The van der Waals surface area contributed by atoms with Gasteiger partial charge in [-0.05, 0) is 73.4 Å². The molecule has 4 heterocycles. The van der Waals surface area contributed by atoms with Crippen molar-refractivity contribution in [3.05, 3.63) is 70.7 Å². The first-order valence-corrected chi connectivity index (χ1v) is 15.9. The number of H-pyrrole nitrogens is 1. The zero-order chi connectivity index (χ0) is 30.8. The van der Waals surface area contributed by atoms with Gasteiger partial charge in [-0.3, -0.25) is 9.59 Å². The predicted octanol–water partition coefficient (Wildman–Crippen LogP) is 4.34. The van der Waals surface area contributed by atoms with E-state index < -0.39 is 0 Å². The van der Waals surface area contributed by atoms with Gasteiger partial charge in [-0.1, -0.05) is 32.9 Å². The van der Waals surface area contributed by atoms with Gasteiger partial charge in [0.25, 0.3) is 11.8 Å². The van der Waals surface area contributed by atoms with Gasteiger partial charge in [-0.25, -0.2) is 9.67 Å². The SMILES string of the molecule is CC(C)(C)C=C(C#N)C(=O)N1CCCC1Cn1c(=NC(=O)c2ccc(-n3cncn3)s2)[nH]c2cc(CNCC3CC3)ccc21. The molecule has 0 radical (unpaired) electrons. The summed E-state index contributed by atoms with van der Waals surface area (Å²) in [5, 5.41) is 18.3. The number of benzene rings is 1. The highest BCUT2D eigenvalue weighted by Crippen LogP contribution is 2.28. The number of amides is 2. The van der Waals surface area contributed by atoms with Crippen molar-refractivity contribution in [1.29, 1.82) is 5.26 Å². The Hall–Kier alpha value is -4.34. The van der Waals surface area contributed by atoms with E-state index in [2.05, 4.69) is 49.6 Å². The molecule has 1 saturated carbocycles. The van der Waals surface area contributed by atoms with E-state index in [9.17, 15) is 14.9 Å². The van der Waals surface area contributed by atoms with Crippen molar-refractivity contribution in [2.75, 3.05) is 13.1 Å². The Morgan fingerprint density at radius 2 is 2.07 bits per heavy atom. The Kier molecular flexibility index (Phi) is 8.33. The molecule has 11 nitrogen and oxygen atoms in total. The van der Waals surface area contributed by atoms with Gasteiger partial charge in [0, 0.05) is 19.6 Å². The van der Waals surface area contributed by atoms with E-state index in [0.29, 0.717) is 23.6 Å². The van der Waals surface area contributed by atoms with Crippen molar-refractivity contribution in [3.63, 3.8) is 0 Å². The standard InChI is InChI=1S/C32H37N9O2S/c1-32(2,3)14-23(15-33)30(43)39-12-4-5-24(39)18-40-26-9-8-22(17-34-16-21-6-7-21)13-25(26)37-31(40)38-29(42)27-10-11-28(44-27)41-20-35-19-36-41/h8-11,13-14,19-21,24,34H,4-7,12,16-18H2,1-3H3,(H,37,38,42). The molecule has 2 aliphatic rings. The van der Waals surface area contributed by atoms with Gasteiger partial charge >= 0.3 is 0 Å². The largest absolute Gasteiger partial charge is 0.333 e. The fraction of sp³-hybridized carbons (Fsp3) is 0.438. The van der Waals surface area contributed by atoms with E-state index in [0.717, 1.165) is 53.4 Å². The molecule has 6 rings (SSSR count). The number of nitriles is 1. The minimum Gasteiger partial charge on any atom is -0.333 e. The normalized spacial score (nSPS) is 17.9. The lowest BCUT2D eigenvalue weighted by Crippen LogP contribution is -2.40. The van der Waals surface area contributed by atoms with Crippen LogP contribution in [0.25, 0.3) is 16.0 Å². The molecule has 12 heteroatoms. The molecule has 0 spiro atoms. The van der Waals surface area contributed by atoms with Crippen molar-refractivity contribution in [3.8, 4) is 11.1 Å². The minimum absolute atomic E-state index is 0.146. The molecular formula is C32H37N9O2S. The average molecular weight is 612 g/mol. The number of nitrogens with one attached hydrogen (secondary N) is 2. The van der Waals surface area contributed by atoms with Crippen molar-refractivity contribution in [1.82, 2.24) is 34.5 Å². The van der Waals surface area contributed by atoms with E-state index in [-0.39, 0.29) is 28.8 Å². The number of allylic oxidation sites excluding steroid dienone is 1. The molecule has 2 fully saturated rings. The highest BCUT2D eigenvalue weighted by atomic mass is 32.1. The van der Waals surface area contributed by atoms with Gasteiger partial charge in [0.2, 0.25) is 5.62 Å². The number of aromatic amines is 1. The number of hydrogen-bond acceptors (Lipinski definition) is 7. The molecule has 1 unspecified atom stereocenters. The summed E-state index contributed by atoms with van der Waals surface area (Å²) in [6.45, 7) is 8.74. The Morgan fingerprint density at radius 1 is 1.23 bits per heavy atom. The number of carbonyl (C=O) groups excluding carboxylic acids is 2. The topological polar surface area (TPSA) is 137 Å². The molecule has 0 bridgehead atoms. The van der Waals surface area contributed by atoms with Crippen LogP contribution in [0.15, 0.2) is 59.6 Å². The third kappa shape index (κ3) is 6.74.